The Morgan fingerprint density at radius 2 is 1.93 bits per heavy atom. The first-order valence-electron chi connectivity index (χ1n) is 4.82. The van der Waals surface area contributed by atoms with E-state index >= 15 is 0 Å². The second-order valence-corrected chi connectivity index (χ2v) is 3.17. The third-order valence-electron chi connectivity index (χ3n) is 2.20. The number of benzene rings is 1. The quantitative estimate of drug-likeness (QED) is 0.695. The minimum Gasteiger partial charge on any atom is -0.260 e. The van der Waals surface area contributed by atoms with E-state index in [4.69, 9.17) is 0 Å². The van der Waals surface area contributed by atoms with Crippen LogP contribution in [-0.4, -0.2) is 4.98 Å². The first-order valence-corrected chi connectivity index (χ1v) is 4.82. The normalized spacial score (nSPS) is 10.1. The number of aryl methyl sites for hydroxylation is 1. The molecule has 0 bridgehead atoms. The van der Waals surface area contributed by atoms with Crippen molar-refractivity contribution in [3.63, 3.8) is 0 Å². The second kappa shape index (κ2) is 4.05. The summed E-state index contributed by atoms with van der Waals surface area (Å²) < 4.78 is 0. The zero-order valence-electron chi connectivity index (χ0n) is 8.20. The Morgan fingerprint density at radius 3 is 2.50 bits per heavy atom. The van der Waals surface area contributed by atoms with Crippen molar-refractivity contribution in [1.82, 2.24) is 4.98 Å². The monoisotopic (exact) mass is 182 g/mol. The molecule has 0 unspecified atom stereocenters. The average molecular weight is 182 g/mol. The molecule has 1 heteroatoms. The highest BCUT2D eigenvalue weighted by atomic mass is 14.7. The van der Waals surface area contributed by atoms with Crippen molar-refractivity contribution in [2.24, 2.45) is 0 Å². The minimum absolute atomic E-state index is 0.940. The molecule has 1 heterocycles. The number of pyridine rings is 1. The lowest BCUT2D eigenvalue weighted by atomic mass is 10.1. The van der Waals surface area contributed by atoms with Crippen molar-refractivity contribution in [2.45, 2.75) is 13.3 Å². The maximum atomic E-state index is 4.32. The van der Waals surface area contributed by atoms with E-state index in [9.17, 15) is 0 Å². The maximum Gasteiger partial charge on any atom is 0.0480 e. The van der Waals surface area contributed by atoms with Gasteiger partial charge in [0, 0.05) is 23.5 Å². The Balaban J connectivity index is 2.34. The molecule has 0 fully saturated rings. The molecular formula is C13H12N. The molecule has 0 atom stereocenters. The molecule has 2 rings (SSSR count). The molecule has 14 heavy (non-hydrogen) atoms. The number of hydrogen-bond acceptors (Lipinski definition) is 1. The number of hydrogen-bond donors (Lipinski definition) is 0. The van der Waals surface area contributed by atoms with Crippen molar-refractivity contribution >= 4 is 0 Å². The SMILES string of the molecule is CCc1[c]cc(-c2ccccc2)cn1. The van der Waals surface area contributed by atoms with Gasteiger partial charge in [0.2, 0.25) is 0 Å². The van der Waals surface area contributed by atoms with Crippen LogP contribution in [-0.2, 0) is 6.42 Å². The lowest BCUT2D eigenvalue weighted by Crippen LogP contribution is -1.86. The molecule has 0 N–H and O–H groups in total. The molecule has 0 spiro atoms. The molecule has 0 aliphatic carbocycles. The third kappa shape index (κ3) is 1.82. The topological polar surface area (TPSA) is 12.9 Å². The summed E-state index contributed by atoms with van der Waals surface area (Å²) in [6, 6.07) is 15.4. The Morgan fingerprint density at radius 1 is 1.14 bits per heavy atom. The molecule has 69 valence electrons. The Hall–Kier alpha value is -1.63. The van der Waals surface area contributed by atoms with Crippen LogP contribution < -0.4 is 0 Å². The standard InChI is InChI=1S/C13H12N/c1-2-13-9-8-12(10-14-13)11-6-4-3-5-7-11/h3-8,10H,2H2,1H3. The lowest BCUT2D eigenvalue weighted by molar-refractivity contribution is 1.03. The molecule has 0 amide bonds. The van der Waals surface area contributed by atoms with E-state index in [1.54, 1.807) is 0 Å². The average Bonchev–Trinajstić information content (AvgIpc) is 2.30. The highest BCUT2D eigenvalue weighted by Crippen LogP contribution is 2.17. The molecule has 0 aliphatic heterocycles. The summed E-state index contributed by atoms with van der Waals surface area (Å²) in [7, 11) is 0. The predicted octanol–water partition coefficient (Wildman–Crippen LogP) is 3.11. The van der Waals surface area contributed by atoms with Gasteiger partial charge in [0.1, 0.15) is 0 Å². The second-order valence-electron chi connectivity index (χ2n) is 3.17. The van der Waals surface area contributed by atoms with E-state index in [2.05, 4.69) is 30.1 Å². The zero-order valence-corrected chi connectivity index (χ0v) is 8.20. The summed E-state index contributed by atoms with van der Waals surface area (Å²) in [6.07, 6.45) is 2.85. The van der Waals surface area contributed by atoms with Crippen molar-refractivity contribution < 1.29 is 0 Å². The highest BCUT2D eigenvalue weighted by molar-refractivity contribution is 5.61. The van der Waals surface area contributed by atoms with Gasteiger partial charge in [0.25, 0.3) is 0 Å². The van der Waals surface area contributed by atoms with Crippen molar-refractivity contribution in [3.05, 3.63) is 54.4 Å². The van der Waals surface area contributed by atoms with E-state index in [-0.39, 0.29) is 0 Å². The summed E-state index contributed by atoms with van der Waals surface area (Å²) in [5, 5.41) is 0. The fourth-order valence-electron chi connectivity index (χ4n) is 1.36. The van der Waals surface area contributed by atoms with Gasteiger partial charge in [0.05, 0.1) is 0 Å². The molecule has 0 saturated heterocycles. The summed E-state index contributed by atoms with van der Waals surface area (Å²) in [5.41, 5.74) is 3.34. The van der Waals surface area contributed by atoms with Gasteiger partial charge in [0.15, 0.2) is 0 Å². The van der Waals surface area contributed by atoms with Crippen LogP contribution in [0.1, 0.15) is 12.6 Å². The van der Waals surface area contributed by atoms with Crippen LogP contribution in [0.15, 0.2) is 42.6 Å². The fraction of sp³-hybridized carbons (Fsp3) is 0.154. The van der Waals surface area contributed by atoms with Gasteiger partial charge < -0.3 is 0 Å². The summed E-state index contributed by atoms with van der Waals surface area (Å²) in [6.45, 7) is 2.08. The van der Waals surface area contributed by atoms with Crippen molar-refractivity contribution in [2.75, 3.05) is 0 Å². The predicted molar refractivity (Wildman–Crippen MR) is 57.9 cm³/mol. The summed E-state index contributed by atoms with van der Waals surface area (Å²) >= 11 is 0. The lowest BCUT2D eigenvalue weighted by Gasteiger charge is -2.00. The van der Waals surface area contributed by atoms with E-state index in [1.807, 2.05) is 30.5 Å². The van der Waals surface area contributed by atoms with E-state index in [0.29, 0.717) is 0 Å². The van der Waals surface area contributed by atoms with E-state index in [0.717, 1.165) is 17.7 Å². The number of aromatic nitrogens is 1. The van der Waals surface area contributed by atoms with Crippen LogP contribution in [0.5, 0.6) is 0 Å². The van der Waals surface area contributed by atoms with Crippen molar-refractivity contribution in [3.8, 4) is 11.1 Å². The van der Waals surface area contributed by atoms with Crippen LogP contribution in [0, 0.1) is 6.07 Å². The number of rotatable bonds is 2. The largest absolute Gasteiger partial charge is 0.260 e. The van der Waals surface area contributed by atoms with Gasteiger partial charge in [-0.2, -0.15) is 0 Å². The molecule has 0 aliphatic rings. The Labute approximate surface area is 84.4 Å². The summed E-state index contributed by atoms with van der Waals surface area (Å²) in [4.78, 5) is 4.32. The molecule has 1 aromatic heterocycles. The molecule has 1 aromatic carbocycles. The first-order chi connectivity index (χ1) is 6.90. The number of nitrogens with zero attached hydrogens (tertiary/aromatic N) is 1. The van der Waals surface area contributed by atoms with Crippen LogP contribution >= 0.6 is 0 Å². The van der Waals surface area contributed by atoms with Gasteiger partial charge in [-0.1, -0.05) is 37.3 Å². The fourth-order valence-corrected chi connectivity index (χ4v) is 1.36. The van der Waals surface area contributed by atoms with Gasteiger partial charge in [-0.25, -0.2) is 0 Å². The Kier molecular flexibility index (Phi) is 2.59. The molecular weight excluding hydrogens is 170 g/mol. The van der Waals surface area contributed by atoms with E-state index < -0.39 is 0 Å². The summed E-state index contributed by atoms with van der Waals surface area (Å²) in [5.74, 6) is 0. The van der Waals surface area contributed by atoms with Gasteiger partial charge in [-0.15, -0.1) is 0 Å². The van der Waals surface area contributed by atoms with Crippen LogP contribution in [0.25, 0.3) is 11.1 Å². The van der Waals surface area contributed by atoms with Gasteiger partial charge >= 0.3 is 0 Å². The minimum atomic E-state index is 0.940. The van der Waals surface area contributed by atoms with Crippen LogP contribution in [0.4, 0.5) is 0 Å². The van der Waals surface area contributed by atoms with Crippen molar-refractivity contribution in [1.29, 1.82) is 0 Å². The molecule has 2 aromatic rings. The first kappa shape index (κ1) is 8.95. The maximum absolute atomic E-state index is 4.32. The smallest absolute Gasteiger partial charge is 0.0480 e. The van der Waals surface area contributed by atoms with Gasteiger partial charge in [-0.05, 0) is 18.1 Å². The van der Waals surface area contributed by atoms with Crippen LogP contribution in [0.3, 0.4) is 0 Å². The molecule has 1 nitrogen and oxygen atoms in total. The third-order valence-corrected chi connectivity index (χ3v) is 2.20. The molecule has 0 saturated carbocycles. The Bertz CT molecular complexity index is 389. The molecule has 1 radical (unpaired) electrons. The highest BCUT2D eigenvalue weighted by Gasteiger charge is 1.96. The van der Waals surface area contributed by atoms with E-state index in [1.165, 1.54) is 5.56 Å². The van der Waals surface area contributed by atoms with Gasteiger partial charge in [-0.3, -0.25) is 4.98 Å². The zero-order chi connectivity index (χ0) is 9.80. The van der Waals surface area contributed by atoms with Crippen LogP contribution in [0.2, 0.25) is 0 Å².